The SMILES string of the molecule is NNC(c1ccncc1F)c1cccc2nccnc12. The molecule has 1 unspecified atom stereocenters. The first-order chi connectivity index (χ1) is 9.81. The van der Waals surface area contributed by atoms with E-state index in [0.717, 1.165) is 17.3 Å². The molecule has 5 nitrogen and oxygen atoms in total. The summed E-state index contributed by atoms with van der Waals surface area (Å²) in [6.07, 6.45) is 5.91. The van der Waals surface area contributed by atoms with E-state index >= 15 is 0 Å². The Kier molecular flexibility index (Phi) is 3.32. The van der Waals surface area contributed by atoms with Gasteiger partial charge in [0.2, 0.25) is 0 Å². The predicted octanol–water partition coefficient (Wildman–Crippen LogP) is 1.72. The Bertz CT molecular complexity index is 741. The lowest BCUT2D eigenvalue weighted by Gasteiger charge is -2.18. The van der Waals surface area contributed by atoms with Gasteiger partial charge in [0.15, 0.2) is 0 Å². The average molecular weight is 269 g/mol. The van der Waals surface area contributed by atoms with Crippen molar-refractivity contribution in [1.82, 2.24) is 20.4 Å². The maximum absolute atomic E-state index is 13.9. The highest BCUT2D eigenvalue weighted by Crippen LogP contribution is 2.27. The Morgan fingerprint density at radius 1 is 1.05 bits per heavy atom. The van der Waals surface area contributed by atoms with Gasteiger partial charge in [-0.15, -0.1) is 0 Å². The van der Waals surface area contributed by atoms with E-state index in [1.54, 1.807) is 18.5 Å². The molecule has 0 spiro atoms. The molecule has 2 heterocycles. The molecule has 0 saturated heterocycles. The molecule has 100 valence electrons. The van der Waals surface area contributed by atoms with Gasteiger partial charge in [-0.2, -0.15) is 0 Å². The zero-order chi connectivity index (χ0) is 13.9. The first-order valence-corrected chi connectivity index (χ1v) is 6.06. The van der Waals surface area contributed by atoms with Crippen LogP contribution in [0.5, 0.6) is 0 Å². The van der Waals surface area contributed by atoms with E-state index in [0.29, 0.717) is 11.1 Å². The van der Waals surface area contributed by atoms with Crippen LogP contribution in [0, 0.1) is 5.82 Å². The molecule has 0 aliphatic rings. The number of hydrogen-bond donors (Lipinski definition) is 2. The number of nitrogens with two attached hydrogens (primary N) is 1. The molecule has 0 fully saturated rings. The Hall–Kier alpha value is -2.44. The molecule has 6 heteroatoms. The molecular formula is C14H12FN5. The van der Waals surface area contributed by atoms with Gasteiger partial charge in [-0.3, -0.25) is 20.8 Å². The number of nitrogens with one attached hydrogen (secondary N) is 1. The van der Waals surface area contributed by atoms with E-state index < -0.39 is 11.9 Å². The second kappa shape index (κ2) is 5.28. The molecule has 0 radical (unpaired) electrons. The predicted molar refractivity (Wildman–Crippen MR) is 72.9 cm³/mol. The third kappa shape index (κ3) is 2.11. The van der Waals surface area contributed by atoms with Gasteiger partial charge in [-0.25, -0.2) is 9.82 Å². The number of fused-ring (bicyclic) bond motifs is 1. The van der Waals surface area contributed by atoms with Gasteiger partial charge in [0.1, 0.15) is 5.82 Å². The Labute approximate surface area is 114 Å². The molecule has 3 rings (SSSR count). The maximum atomic E-state index is 13.9. The van der Waals surface area contributed by atoms with E-state index in [9.17, 15) is 4.39 Å². The number of pyridine rings is 1. The topological polar surface area (TPSA) is 76.7 Å². The first-order valence-electron chi connectivity index (χ1n) is 6.06. The van der Waals surface area contributed by atoms with E-state index in [1.165, 1.54) is 6.20 Å². The summed E-state index contributed by atoms with van der Waals surface area (Å²) in [4.78, 5) is 12.3. The minimum absolute atomic E-state index is 0.417. The molecule has 3 aromatic rings. The van der Waals surface area contributed by atoms with Crippen LogP contribution in [0.3, 0.4) is 0 Å². The second-order valence-electron chi connectivity index (χ2n) is 4.27. The lowest BCUT2D eigenvalue weighted by atomic mass is 9.98. The van der Waals surface area contributed by atoms with Crippen molar-refractivity contribution in [3.8, 4) is 0 Å². The van der Waals surface area contributed by atoms with Crippen molar-refractivity contribution in [3.05, 3.63) is 66.0 Å². The number of benzene rings is 1. The van der Waals surface area contributed by atoms with Crippen LogP contribution in [0.25, 0.3) is 11.0 Å². The normalized spacial score (nSPS) is 12.5. The second-order valence-corrected chi connectivity index (χ2v) is 4.27. The number of hydrogen-bond acceptors (Lipinski definition) is 5. The monoisotopic (exact) mass is 269 g/mol. The zero-order valence-electron chi connectivity index (χ0n) is 10.5. The fourth-order valence-corrected chi connectivity index (χ4v) is 2.22. The van der Waals surface area contributed by atoms with Gasteiger partial charge < -0.3 is 0 Å². The van der Waals surface area contributed by atoms with E-state index in [-0.39, 0.29) is 0 Å². The molecule has 1 aromatic carbocycles. The molecule has 0 aliphatic heterocycles. The summed E-state index contributed by atoms with van der Waals surface area (Å²) in [6.45, 7) is 0. The third-order valence-corrected chi connectivity index (χ3v) is 3.12. The number of nitrogens with zero attached hydrogens (tertiary/aromatic N) is 3. The molecule has 0 bridgehead atoms. The highest BCUT2D eigenvalue weighted by atomic mass is 19.1. The van der Waals surface area contributed by atoms with Gasteiger partial charge in [0.05, 0.1) is 23.3 Å². The summed E-state index contributed by atoms with van der Waals surface area (Å²) in [5.74, 6) is 5.19. The summed E-state index contributed by atoms with van der Waals surface area (Å²) in [6, 6.07) is 6.62. The van der Waals surface area contributed by atoms with E-state index in [4.69, 9.17) is 5.84 Å². The lowest BCUT2D eigenvalue weighted by molar-refractivity contribution is 0.557. The fourth-order valence-electron chi connectivity index (χ4n) is 2.22. The summed E-state index contributed by atoms with van der Waals surface area (Å²) in [5, 5.41) is 0. The van der Waals surface area contributed by atoms with Crippen LogP contribution in [0.2, 0.25) is 0 Å². The van der Waals surface area contributed by atoms with Gasteiger partial charge in [-0.05, 0) is 12.1 Å². The third-order valence-electron chi connectivity index (χ3n) is 3.12. The molecule has 2 aromatic heterocycles. The van der Waals surface area contributed by atoms with Gasteiger partial charge in [-0.1, -0.05) is 12.1 Å². The lowest BCUT2D eigenvalue weighted by Crippen LogP contribution is -2.29. The largest absolute Gasteiger partial charge is 0.271 e. The summed E-state index contributed by atoms with van der Waals surface area (Å²) < 4.78 is 13.9. The van der Waals surface area contributed by atoms with Crippen molar-refractivity contribution in [1.29, 1.82) is 0 Å². The standard InChI is InChI=1S/C14H12FN5/c15-11-8-17-5-4-9(11)13(20-16)10-2-1-3-12-14(10)19-7-6-18-12/h1-8,13,20H,16H2. The number of aromatic nitrogens is 3. The minimum atomic E-state index is -0.515. The molecule has 0 amide bonds. The van der Waals surface area contributed by atoms with Crippen LogP contribution in [0.4, 0.5) is 4.39 Å². The van der Waals surface area contributed by atoms with Crippen molar-refractivity contribution < 1.29 is 4.39 Å². The maximum Gasteiger partial charge on any atom is 0.146 e. The van der Waals surface area contributed by atoms with Crippen LogP contribution in [-0.2, 0) is 0 Å². The average Bonchev–Trinajstić information content (AvgIpc) is 2.50. The first kappa shape index (κ1) is 12.6. The van der Waals surface area contributed by atoms with Crippen molar-refractivity contribution >= 4 is 11.0 Å². The highest BCUT2D eigenvalue weighted by molar-refractivity contribution is 5.78. The summed E-state index contributed by atoms with van der Waals surface area (Å²) in [5.41, 5.74) is 5.24. The summed E-state index contributed by atoms with van der Waals surface area (Å²) >= 11 is 0. The van der Waals surface area contributed by atoms with E-state index in [1.807, 2.05) is 18.2 Å². The van der Waals surface area contributed by atoms with Crippen molar-refractivity contribution in [2.24, 2.45) is 5.84 Å². The summed E-state index contributed by atoms with van der Waals surface area (Å²) in [7, 11) is 0. The number of para-hydroxylation sites is 1. The fraction of sp³-hybridized carbons (Fsp3) is 0.0714. The number of rotatable bonds is 3. The van der Waals surface area contributed by atoms with Crippen molar-refractivity contribution in [2.75, 3.05) is 0 Å². The van der Waals surface area contributed by atoms with Crippen LogP contribution in [0.1, 0.15) is 17.2 Å². The van der Waals surface area contributed by atoms with Crippen LogP contribution in [0.15, 0.2) is 49.1 Å². The zero-order valence-corrected chi connectivity index (χ0v) is 10.5. The van der Waals surface area contributed by atoms with Crippen LogP contribution < -0.4 is 11.3 Å². The smallest absolute Gasteiger partial charge is 0.146 e. The molecule has 0 aliphatic carbocycles. The Balaban J connectivity index is 2.20. The Morgan fingerprint density at radius 2 is 1.90 bits per heavy atom. The molecule has 3 N–H and O–H groups in total. The van der Waals surface area contributed by atoms with Gasteiger partial charge in [0, 0.05) is 29.7 Å². The molecule has 0 saturated carbocycles. The quantitative estimate of drug-likeness (QED) is 0.559. The van der Waals surface area contributed by atoms with Crippen LogP contribution >= 0.6 is 0 Å². The van der Waals surface area contributed by atoms with Crippen molar-refractivity contribution in [2.45, 2.75) is 6.04 Å². The highest BCUT2D eigenvalue weighted by Gasteiger charge is 2.19. The Morgan fingerprint density at radius 3 is 2.70 bits per heavy atom. The number of halogens is 1. The molecule has 20 heavy (non-hydrogen) atoms. The van der Waals surface area contributed by atoms with Crippen molar-refractivity contribution in [3.63, 3.8) is 0 Å². The number of hydrazine groups is 1. The van der Waals surface area contributed by atoms with E-state index in [2.05, 4.69) is 20.4 Å². The minimum Gasteiger partial charge on any atom is -0.271 e. The van der Waals surface area contributed by atoms with Gasteiger partial charge >= 0.3 is 0 Å². The molecule has 1 atom stereocenters. The van der Waals surface area contributed by atoms with Crippen LogP contribution in [-0.4, -0.2) is 15.0 Å². The molecular weight excluding hydrogens is 257 g/mol. The van der Waals surface area contributed by atoms with Gasteiger partial charge in [0.25, 0.3) is 0 Å².